The topological polar surface area (TPSA) is 87.4 Å². The van der Waals surface area contributed by atoms with E-state index in [4.69, 9.17) is 4.74 Å². The molecule has 0 aliphatic carbocycles. The quantitative estimate of drug-likeness (QED) is 0.181. The van der Waals surface area contributed by atoms with Crippen LogP contribution < -0.4 is 4.74 Å². The molecular formula is C29H34N4O4. The van der Waals surface area contributed by atoms with Crippen LogP contribution in [0.15, 0.2) is 66.9 Å². The molecule has 2 aromatic heterocycles. The van der Waals surface area contributed by atoms with E-state index in [9.17, 15) is 14.7 Å². The van der Waals surface area contributed by atoms with Gasteiger partial charge in [-0.25, -0.2) is 4.98 Å². The van der Waals surface area contributed by atoms with E-state index in [1.807, 2.05) is 30.3 Å². The van der Waals surface area contributed by atoms with Crippen molar-refractivity contribution in [1.29, 1.82) is 0 Å². The average Bonchev–Trinajstić information content (AvgIpc) is 3.38. The number of pyridine rings is 1. The Labute approximate surface area is 217 Å². The number of imidazole rings is 1. The van der Waals surface area contributed by atoms with Crippen molar-refractivity contribution in [3.63, 3.8) is 0 Å². The summed E-state index contributed by atoms with van der Waals surface area (Å²) in [5.74, 6) is -0.871. The molecule has 37 heavy (non-hydrogen) atoms. The Morgan fingerprint density at radius 1 is 1.16 bits per heavy atom. The highest BCUT2D eigenvalue weighted by molar-refractivity contribution is 6.46. The summed E-state index contributed by atoms with van der Waals surface area (Å²) in [4.78, 5) is 35.1. The number of carbonyl (C=O) groups excluding carboxylic acids is 2. The van der Waals surface area contributed by atoms with Gasteiger partial charge >= 0.3 is 0 Å². The lowest BCUT2D eigenvalue weighted by Crippen LogP contribution is -2.33. The molecule has 0 bridgehead atoms. The van der Waals surface area contributed by atoms with Gasteiger partial charge in [0.1, 0.15) is 23.7 Å². The third kappa shape index (κ3) is 5.15. The van der Waals surface area contributed by atoms with E-state index in [1.165, 1.54) is 0 Å². The number of aliphatic hydroxyl groups is 1. The van der Waals surface area contributed by atoms with E-state index in [0.29, 0.717) is 42.4 Å². The second kappa shape index (κ2) is 11.4. The van der Waals surface area contributed by atoms with Crippen LogP contribution in [0.3, 0.4) is 0 Å². The number of rotatable bonds is 11. The minimum atomic E-state index is -0.723. The molecule has 4 rings (SSSR count). The van der Waals surface area contributed by atoms with E-state index in [1.54, 1.807) is 40.6 Å². The van der Waals surface area contributed by atoms with Gasteiger partial charge in [0.25, 0.3) is 11.7 Å². The van der Waals surface area contributed by atoms with Crippen LogP contribution in [0.4, 0.5) is 0 Å². The zero-order valence-electron chi connectivity index (χ0n) is 21.7. The molecule has 3 aromatic rings. The highest BCUT2D eigenvalue weighted by atomic mass is 16.5. The lowest BCUT2D eigenvalue weighted by atomic mass is 9.96. The van der Waals surface area contributed by atoms with Crippen LogP contribution in [0, 0.1) is 6.92 Å². The second-order valence-corrected chi connectivity index (χ2v) is 9.02. The monoisotopic (exact) mass is 502 g/mol. The van der Waals surface area contributed by atoms with Gasteiger partial charge in [0.2, 0.25) is 0 Å². The molecular weight excluding hydrogens is 468 g/mol. The Kier molecular flexibility index (Phi) is 8.08. The zero-order valence-corrected chi connectivity index (χ0v) is 21.7. The van der Waals surface area contributed by atoms with Gasteiger partial charge in [-0.15, -0.1) is 0 Å². The third-order valence-electron chi connectivity index (χ3n) is 6.80. The molecule has 1 saturated heterocycles. The van der Waals surface area contributed by atoms with Crippen LogP contribution in [0.5, 0.6) is 5.75 Å². The van der Waals surface area contributed by atoms with Crippen molar-refractivity contribution < 1.29 is 19.4 Å². The average molecular weight is 503 g/mol. The zero-order chi connectivity index (χ0) is 26.5. The molecule has 0 radical (unpaired) electrons. The number of hydrogen-bond acceptors (Lipinski definition) is 6. The molecule has 194 valence electrons. The maximum Gasteiger partial charge on any atom is 0.295 e. The summed E-state index contributed by atoms with van der Waals surface area (Å²) < 4.78 is 7.35. The number of likely N-dealkylation sites (tertiary alicyclic amines) is 1. The number of fused-ring (bicyclic) bond motifs is 1. The molecule has 0 spiro atoms. The Hall–Kier alpha value is -3.91. The van der Waals surface area contributed by atoms with Gasteiger partial charge in [0, 0.05) is 12.7 Å². The largest absolute Gasteiger partial charge is 0.505 e. The number of aromatic nitrogens is 2. The predicted octanol–water partition coefficient (Wildman–Crippen LogP) is 4.36. The molecule has 1 amide bonds. The standard InChI is InChI=1S/C29H34N4O4/c1-5-19-37-22-14-12-21(13-15-22)26-24(27(34)25-20(4)30-23-11-8-9-17-32(23)25)28(35)29(36)33(26)18-10-16-31(6-2)7-3/h5,8-9,11-15,17,26,34H,1,6-7,10,16,18-19H2,2-4H3/b27-24+. The van der Waals surface area contributed by atoms with Crippen LogP contribution in [-0.4, -0.2) is 68.8 Å². The van der Waals surface area contributed by atoms with Crippen LogP contribution in [0.1, 0.15) is 43.3 Å². The fourth-order valence-corrected chi connectivity index (χ4v) is 4.89. The Morgan fingerprint density at radius 2 is 1.89 bits per heavy atom. The maximum absolute atomic E-state index is 13.4. The summed E-state index contributed by atoms with van der Waals surface area (Å²) in [6, 6.07) is 12.1. The molecule has 1 aromatic carbocycles. The molecule has 1 N–H and O–H groups in total. The van der Waals surface area contributed by atoms with Crippen molar-refractivity contribution in [3.05, 3.63) is 83.8 Å². The number of ether oxygens (including phenoxy) is 1. The summed E-state index contributed by atoms with van der Waals surface area (Å²) in [7, 11) is 0. The molecule has 0 saturated carbocycles. The molecule has 8 heteroatoms. The molecule has 8 nitrogen and oxygen atoms in total. The van der Waals surface area contributed by atoms with Crippen molar-refractivity contribution in [2.24, 2.45) is 0 Å². The normalized spacial score (nSPS) is 17.2. The summed E-state index contributed by atoms with van der Waals surface area (Å²) >= 11 is 0. The van der Waals surface area contributed by atoms with Crippen LogP contribution in [-0.2, 0) is 9.59 Å². The van der Waals surface area contributed by atoms with Gasteiger partial charge in [0.05, 0.1) is 17.3 Å². The van der Waals surface area contributed by atoms with E-state index >= 15 is 0 Å². The Bertz CT molecular complexity index is 1320. The minimum absolute atomic E-state index is 0.0707. The fourth-order valence-electron chi connectivity index (χ4n) is 4.89. The number of amides is 1. The smallest absolute Gasteiger partial charge is 0.295 e. The number of Topliss-reactive ketones (excluding diaryl/α,β-unsaturated/α-hetero) is 1. The fraction of sp³-hybridized carbons (Fsp3) is 0.345. The number of ketones is 1. The summed E-state index contributed by atoms with van der Waals surface area (Å²) in [5.41, 5.74) is 2.42. The van der Waals surface area contributed by atoms with Crippen molar-refractivity contribution >= 4 is 23.1 Å². The molecule has 1 aliphatic rings. The van der Waals surface area contributed by atoms with Crippen molar-refractivity contribution in [1.82, 2.24) is 19.2 Å². The first-order valence-electron chi connectivity index (χ1n) is 12.7. The van der Waals surface area contributed by atoms with E-state index in [2.05, 4.69) is 30.3 Å². The van der Waals surface area contributed by atoms with Crippen molar-refractivity contribution in [2.75, 3.05) is 32.8 Å². The molecule has 3 heterocycles. The molecule has 1 fully saturated rings. The summed E-state index contributed by atoms with van der Waals surface area (Å²) in [6.07, 6.45) is 4.16. The molecule has 1 atom stereocenters. The molecule has 1 aliphatic heterocycles. The highest BCUT2D eigenvalue weighted by Gasteiger charge is 2.46. The van der Waals surface area contributed by atoms with Crippen LogP contribution in [0.25, 0.3) is 11.4 Å². The maximum atomic E-state index is 13.4. The van der Waals surface area contributed by atoms with Gasteiger partial charge in [-0.05, 0) is 62.8 Å². The number of hydrogen-bond donors (Lipinski definition) is 1. The van der Waals surface area contributed by atoms with Gasteiger partial charge < -0.3 is 19.6 Å². The Morgan fingerprint density at radius 3 is 2.57 bits per heavy atom. The number of benzene rings is 1. The van der Waals surface area contributed by atoms with Crippen molar-refractivity contribution in [3.8, 4) is 5.75 Å². The first kappa shape index (κ1) is 26.2. The predicted molar refractivity (Wildman–Crippen MR) is 143 cm³/mol. The van der Waals surface area contributed by atoms with Gasteiger partial charge in [-0.3, -0.25) is 14.0 Å². The Balaban J connectivity index is 1.79. The minimum Gasteiger partial charge on any atom is -0.505 e. The van der Waals surface area contributed by atoms with Crippen LogP contribution in [0.2, 0.25) is 0 Å². The second-order valence-electron chi connectivity index (χ2n) is 9.02. The van der Waals surface area contributed by atoms with Crippen molar-refractivity contribution in [2.45, 2.75) is 33.2 Å². The van der Waals surface area contributed by atoms with Gasteiger partial charge in [-0.1, -0.05) is 44.7 Å². The third-order valence-corrected chi connectivity index (χ3v) is 6.80. The highest BCUT2D eigenvalue weighted by Crippen LogP contribution is 2.40. The van der Waals surface area contributed by atoms with Gasteiger partial charge in [-0.2, -0.15) is 0 Å². The SMILES string of the molecule is C=CCOc1ccc(C2/C(=C(\O)c3c(C)nc4ccccn34)C(=O)C(=O)N2CCCN(CC)CC)cc1. The number of aryl methyl sites for hydroxylation is 1. The number of nitrogens with zero attached hydrogens (tertiary/aromatic N) is 4. The first-order chi connectivity index (χ1) is 17.9. The summed E-state index contributed by atoms with van der Waals surface area (Å²) in [5, 5.41) is 11.6. The van der Waals surface area contributed by atoms with Gasteiger partial charge in [0.15, 0.2) is 5.76 Å². The number of aliphatic hydroxyl groups excluding tert-OH is 1. The number of carbonyl (C=O) groups is 2. The first-order valence-corrected chi connectivity index (χ1v) is 12.7. The van der Waals surface area contributed by atoms with E-state index in [-0.39, 0.29) is 11.3 Å². The summed E-state index contributed by atoms with van der Waals surface area (Å²) in [6.45, 7) is 13.1. The lowest BCUT2D eigenvalue weighted by Gasteiger charge is -2.27. The molecule has 1 unspecified atom stereocenters. The van der Waals surface area contributed by atoms with Crippen LogP contribution >= 0.6 is 0 Å². The van der Waals surface area contributed by atoms with E-state index < -0.39 is 17.7 Å². The lowest BCUT2D eigenvalue weighted by molar-refractivity contribution is -0.140. The van der Waals surface area contributed by atoms with E-state index in [0.717, 1.165) is 25.2 Å².